The number of para-hydroxylation sites is 1. The molecule has 0 spiro atoms. The van der Waals surface area contributed by atoms with Gasteiger partial charge < -0.3 is 4.74 Å². The number of nitrogens with one attached hydrogen (secondary N) is 1. The summed E-state index contributed by atoms with van der Waals surface area (Å²) in [5, 5.41) is 6.85. The lowest BCUT2D eigenvalue weighted by molar-refractivity contribution is -0.122. The number of carbonyl (C=O) groups excluding carboxylic acids is 2. The first-order valence-electron chi connectivity index (χ1n) is 9.17. The molecule has 150 valence electrons. The fourth-order valence-electron chi connectivity index (χ4n) is 3.09. The highest BCUT2D eigenvalue weighted by Gasteiger charge is 2.34. The predicted molar refractivity (Wildman–Crippen MR) is 117 cm³/mol. The number of aryl methyl sites for hydroxylation is 2. The molecule has 2 amide bonds. The van der Waals surface area contributed by atoms with E-state index in [0.29, 0.717) is 28.4 Å². The zero-order valence-corrected chi connectivity index (χ0v) is 17.1. The molecule has 1 aromatic heterocycles. The van der Waals surface area contributed by atoms with Crippen molar-refractivity contribution in [3.8, 4) is 11.5 Å². The molecule has 0 radical (unpaired) electrons. The second-order valence-corrected chi connectivity index (χ2v) is 7.10. The molecule has 30 heavy (non-hydrogen) atoms. The lowest BCUT2D eigenvalue weighted by Gasteiger charge is -2.29. The molecule has 2 heterocycles. The van der Waals surface area contributed by atoms with Gasteiger partial charge in [-0.3, -0.25) is 24.5 Å². The lowest BCUT2D eigenvalue weighted by atomic mass is 10.1. The predicted octanol–water partition coefficient (Wildman–Crippen LogP) is 3.35. The van der Waals surface area contributed by atoms with Gasteiger partial charge in [-0.05, 0) is 61.6 Å². The number of hydrogen-bond donors (Lipinski definition) is 1. The fourth-order valence-corrected chi connectivity index (χ4v) is 3.38. The molecule has 4 rings (SSSR count). The van der Waals surface area contributed by atoms with Gasteiger partial charge in [0.05, 0.1) is 11.4 Å². The average Bonchev–Trinajstić information content (AvgIpc) is 3.04. The zero-order valence-electron chi connectivity index (χ0n) is 16.3. The van der Waals surface area contributed by atoms with Gasteiger partial charge >= 0.3 is 0 Å². The van der Waals surface area contributed by atoms with Gasteiger partial charge in [-0.1, -0.05) is 18.2 Å². The Kier molecular flexibility index (Phi) is 5.16. The van der Waals surface area contributed by atoms with Crippen molar-refractivity contribution in [2.45, 2.75) is 6.92 Å². The van der Waals surface area contributed by atoms with Crippen LogP contribution in [0.2, 0.25) is 0 Å². The quantitative estimate of drug-likeness (QED) is 0.400. The van der Waals surface area contributed by atoms with Crippen LogP contribution in [-0.4, -0.2) is 26.7 Å². The number of ether oxygens (including phenoxy) is 1. The van der Waals surface area contributed by atoms with Crippen LogP contribution in [0, 0.1) is 6.92 Å². The number of rotatable bonds is 4. The van der Waals surface area contributed by atoms with Crippen LogP contribution < -0.4 is 15.0 Å². The third-order valence-electron chi connectivity index (χ3n) is 4.53. The topological polar surface area (TPSA) is 76.5 Å². The number of hydrogen-bond acceptors (Lipinski definition) is 5. The molecular weight excluding hydrogens is 400 g/mol. The first-order chi connectivity index (χ1) is 14.4. The molecule has 7 nitrogen and oxygen atoms in total. The van der Waals surface area contributed by atoms with Gasteiger partial charge in [0.25, 0.3) is 11.8 Å². The highest BCUT2D eigenvalue weighted by atomic mass is 32.1. The van der Waals surface area contributed by atoms with Crippen LogP contribution in [0.4, 0.5) is 5.69 Å². The van der Waals surface area contributed by atoms with E-state index in [4.69, 9.17) is 17.0 Å². The Morgan fingerprint density at radius 2 is 1.70 bits per heavy atom. The number of aromatic nitrogens is 2. The molecular formula is C22H18N4O3S. The summed E-state index contributed by atoms with van der Waals surface area (Å²) in [5.41, 5.74) is 1.92. The van der Waals surface area contributed by atoms with E-state index in [9.17, 15) is 9.59 Å². The third kappa shape index (κ3) is 3.85. The highest BCUT2D eigenvalue weighted by Crippen LogP contribution is 2.27. The SMILES string of the molecule is Cc1nn(C)cc1C=C1C(=O)NC(=S)N(c2ccc(Oc3ccccc3)cc2)C1=O. The molecule has 0 atom stereocenters. The van der Waals surface area contributed by atoms with Crippen LogP contribution in [0.15, 0.2) is 66.4 Å². The standard InChI is InChI=1S/C22H18N4O3S/c1-14-15(13-25(2)24-14)12-19-20(27)23-22(30)26(21(19)28)16-8-10-18(11-9-16)29-17-6-4-3-5-7-17/h3-13H,1-2H3,(H,23,27,30). The molecule has 0 saturated carbocycles. The van der Waals surface area contributed by atoms with Gasteiger partial charge in [0.1, 0.15) is 17.1 Å². The van der Waals surface area contributed by atoms with Crippen LogP contribution in [-0.2, 0) is 16.6 Å². The van der Waals surface area contributed by atoms with Crippen molar-refractivity contribution in [2.24, 2.45) is 7.05 Å². The van der Waals surface area contributed by atoms with E-state index in [-0.39, 0.29) is 10.7 Å². The summed E-state index contributed by atoms with van der Waals surface area (Å²) in [6.45, 7) is 1.81. The largest absolute Gasteiger partial charge is 0.457 e. The third-order valence-corrected chi connectivity index (χ3v) is 4.81. The van der Waals surface area contributed by atoms with E-state index in [2.05, 4.69) is 10.4 Å². The molecule has 1 aliphatic rings. The van der Waals surface area contributed by atoms with Crippen LogP contribution in [0.25, 0.3) is 6.08 Å². The molecule has 1 N–H and O–H groups in total. The molecule has 1 saturated heterocycles. The minimum atomic E-state index is -0.534. The highest BCUT2D eigenvalue weighted by molar-refractivity contribution is 7.80. The van der Waals surface area contributed by atoms with Crippen molar-refractivity contribution in [3.05, 3.63) is 77.6 Å². The summed E-state index contributed by atoms with van der Waals surface area (Å²) in [4.78, 5) is 26.8. The van der Waals surface area contributed by atoms with Gasteiger partial charge in [0, 0.05) is 18.8 Å². The maximum absolute atomic E-state index is 13.1. The van der Waals surface area contributed by atoms with E-state index in [1.165, 1.54) is 11.0 Å². The smallest absolute Gasteiger partial charge is 0.270 e. The van der Waals surface area contributed by atoms with Crippen molar-refractivity contribution in [3.63, 3.8) is 0 Å². The normalized spacial score (nSPS) is 15.5. The molecule has 1 aliphatic heterocycles. The number of carbonyl (C=O) groups is 2. The summed E-state index contributed by atoms with van der Waals surface area (Å²) in [6.07, 6.45) is 3.28. The summed E-state index contributed by atoms with van der Waals surface area (Å²) in [5.74, 6) is 0.294. The maximum atomic E-state index is 13.1. The summed E-state index contributed by atoms with van der Waals surface area (Å²) >= 11 is 5.25. The van der Waals surface area contributed by atoms with Crippen molar-refractivity contribution in [2.75, 3.05) is 4.90 Å². The molecule has 0 aliphatic carbocycles. The first-order valence-corrected chi connectivity index (χ1v) is 9.58. The second-order valence-electron chi connectivity index (χ2n) is 6.71. The summed E-state index contributed by atoms with van der Waals surface area (Å²) < 4.78 is 7.41. The number of amides is 2. The van der Waals surface area contributed by atoms with Gasteiger partial charge in [0.2, 0.25) is 0 Å². The minimum absolute atomic E-state index is 0.00990. The van der Waals surface area contributed by atoms with E-state index in [1.807, 2.05) is 37.3 Å². The fraction of sp³-hybridized carbons (Fsp3) is 0.0909. The number of thiocarbonyl (C=S) groups is 1. The van der Waals surface area contributed by atoms with E-state index in [0.717, 1.165) is 0 Å². The van der Waals surface area contributed by atoms with E-state index in [1.54, 1.807) is 42.2 Å². The first kappa shape index (κ1) is 19.5. The van der Waals surface area contributed by atoms with Crippen molar-refractivity contribution in [1.82, 2.24) is 15.1 Å². The van der Waals surface area contributed by atoms with Gasteiger partial charge in [-0.2, -0.15) is 5.10 Å². The Morgan fingerprint density at radius 3 is 2.33 bits per heavy atom. The van der Waals surface area contributed by atoms with E-state index >= 15 is 0 Å². The van der Waals surface area contributed by atoms with Crippen molar-refractivity contribution >= 4 is 40.9 Å². The van der Waals surface area contributed by atoms with Crippen LogP contribution in [0.1, 0.15) is 11.3 Å². The zero-order chi connectivity index (χ0) is 21.3. The molecule has 0 bridgehead atoms. The van der Waals surface area contributed by atoms with E-state index < -0.39 is 11.8 Å². The van der Waals surface area contributed by atoms with Gasteiger partial charge in [-0.15, -0.1) is 0 Å². The molecule has 2 aromatic carbocycles. The second kappa shape index (κ2) is 7.92. The lowest BCUT2D eigenvalue weighted by Crippen LogP contribution is -2.54. The van der Waals surface area contributed by atoms with Crippen LogP contribution in [0.3, 0.4) is 0 Å². The Morgan fingerprint density at radius 1 is 1.03 bits per heavy atom. The Balaban J connectivity index is 1.61. The van der Waals surface area contributed by atoms with Crippen LogP contribution >= 0.6 is 12.2 Å². The average molecular weight is 418 g/mol. The van der Waals surface area contributed by atoms with Crippen LogP contribution in [0.5, 0.6) is 11.5 Å². The summed E-state index contributed by atoms with van der Waals surface area (Å²) in [6, 6.07) is 16.3. The van der Waals surface area contributed by atoms with Gasteiger partial charge in [-0.25, -0.2) is 0 Å². The Bertz CT molecular complexity index is 1170. The molecule has 8 heteroatoms. The summed E-state index contributed by atoms with van der Waals surface area (Å²) in [7, 11) is 1.78. The van der Waals surface area contributed by atoms with Crippen molar-refractivity contribution in [1.29, 1.82) is 0 Å². The Hall–Kier alpha value is -3.78. The van der Waals surface area contributed by atoms with Gasteiger partial charge in [0.15, 0.2) is 5.11 Å². The number of anilines is 1. The van der Waals surface area contributed by atoms with Crippen molar-refractivity contribution < 1.29 is 14.3 Å². The molecule has 3 aromatic rings. The Labute approximate surface area is 178 Å². The monoisotopic (exact) mass is 418 g/mol. The number of nitrogens with zero attached hydrogens (tertiary/aromatic N) is 3. The minimum Gasteiger partial charge on any atom is -0.457 e. The molecule has 1 fully saturated rings. The molecule has 0 unspecified atom stereocenters. The maximum Gasteiger partial charge on any atom is 0.270 e. The number of benzene rings is 2.